The number of hydrogen-bond donors (Lipinski definition) is 0. The first-order chi connectivity index (χ1) is 14.4. The Morgan fingerprint density at radius 3 is 2.63 bits per heavy atom. The second-order valence-electron chi connectivity index (χ2n) is 7.63. The van der Waals surface area contributed by atoms with E-state index in [0.717, 1.165) is 33.3 Å². The lowest BCUT2D eigenvalue weighted by Gasteiger charge is -2.45. The molecule has 1 aromatic carbocycles. The van der Waals surface area contributed by atoms with E-state index >= 15 is 0 Å². The summed E-state index contributed by atoms with van der Waals surface area (Å²) in [6.45, 7) is 5.93. The van der Waals surface area contributed by atoms with Crippen molar-refractivity contribution in [2.24, 2.45) is 0 Å². The summed E-state index contributed by atoms with van der Waals surface area (Å²) in [6, 6.07) is 9.62. The first-order valence-corrected chi connectivity index (χ1v) is 10.8. The molecule has 0 N–H and O–H groups in total. The number of ether oxygens (including phenoxy) is 2. The third kappa shape index (κ3) is 3.30. The highest BCUT2D eigenvalue weighted by molar-refractivity contribution is 7.05. The monoisotopic (exact) mass is 441 g/mol. The maximum absolute atomic E-state index is 6.05. The second kappa shape index (κ2) is 7.39. The molecule has 30 heavy (non-hydrogen) atoms. The second-order valence-corrected chi connectivity index (χ2v) is 9.02. The maximum atomic E-state index is 6.05. The number of hydrogen-bond acceptors (Lipinski definition) is 7. The zero-order valence-electron chi connectivity index (χ0n) is 16.7. The summed E-state index contributed by atoms with van der Waals surface area (Å²) in [6.07, 6.45) is 3.52. The highest BCUT2D eigenvalue weighted by atomic mass is 35.5. The predicted octanol–water partition coefficient (Wildman–Crippen LogP) is 4.43. The smallest absolute Gasteiger partial charge is 0.175 e. The zero-order chi connectivity index (χ0) is 20.9. The van der Waals surface area contributed by atoms with Crippen LogP contribution in [0.4, 0.5) is 0 Å². The molecule has 1 unspecified atom stereocenters. The molecular weight excluding hydrogens is 422 g/mol. The van der Waals surface area contributed by atoms with E-state index in [4.69, 9.17) is 21.1 Å². The van der Waals surface area contributed by atoms with E-state index in [9.17, 15) is 0 Å². The van der Waals surface area contributed by atoms with E-state index in [0.29, 0.717) is 11.4 Å². The van der Waals surface area contributed by atoms with Gasteiger partial charge in [0.2, 0.25) is 0 Å². The van der Waals surface area contributed by atoms with Gasteiger partial charge in [-0.1, -0.05) is 23.7 Å². The highest BCUT2D eigenvalue weighted by Gasteiger charge is 2.47. The molecule has 4 aromatic rings. The van der Waals surface area contributed by atoms with Gasteiger partial charge in [-0.3, -0.25) is 0 Å². The SMILES string of the molecule is Cc1nc(CC(C)(c2ccnc3c(-c4ccc(Cl)cc4)cnn23)C2OC(C)O2)ns1. The largest absolute Gasteiger partial charge is 0.323 e. The number of aromatic nitrogens is 5. The topological polar surface area (TPSA) is 74.4 Å². The fraction of sp³-hybridized carbons (Fsp3) is 0.333. The minimum atomic E-state index is -0.551. The molecule has 0 bridgehead atoms. The van der Waals surface area contributed by atoms with Crippen molar-refractivity contribution in [2.45, 2.75) is 45.2 Å². The first-order valence-electron chi connectivity index (χ1n) is 9.63. The molecule has 9 heteroatoms. The van der Waals surface area contributed by atoms with Gasteiger partial charge in [-0.15, -0.1) is 0 Å². The van der Waals surface area contributed by atoms with Gasteiger partial charge < -0.3 is 9.47 Å². The number of halogens is 1. The summed E-state index contributed by atoms with van der Waals surface area (Å²) < 4.78 is 18.2. The van der Waals surface area contributed by atoms with Crippen LogP contribution in [0.15, 0.2) is 42.7 Å². The summed E-state index contributed by atoms with van der Waals surface area (Å²) in [5.41, 5.74) is 3.07. The molecule has 0 spiro atoms. The van der Waals surface area contributed by atoms with Crippen molar-refractivity contribution in [3.8, 4) is 11.1 Å². The quantitative estimate of drug-likeness (QED) is 0.456. The summed E-state index contributed by atoms with van der Waals surface area (Å²) in [5, 5.41) is 6.28. The van der Waals surface area contributed by atoms with Crippen LogP contribution in [0.3, 0.4) is 0 Å². The molecule has 1 aliphatic heterocycles. The summed E-state index contributed by atoms with van der Waals surface area (Å²) in [4.78, 5) is 9.16. The van der Waals surface area contributed by atoms with Crippen molar-refractivity contribution in [3.05, 3.63) is 64.3 Å². The van der Waals surface area contributed by atoms with Crippen molar-refractivity contribution >= 4 is 28.8 Å². The normalized spacial score (nSPS) is 20.8. The van der Waals surface area contributed by atoms with Crippen LogP contribution in [0.5, 0.6) is 0 Å². The van der Waals surface area contributed by atoms with E-state index in [-0.39, 0.29) is 6.29 Å². The number of nitrogens with zero attached hydrogens (tertiary/aromatic N) is 5. The molecule has 1 fully saturated rings. The highest BCUT2D eigenvalue weighted by Crippen LogP contribution is 2.39. The molecule has 1 saturated heterocycles. The van der Waals surface area contributed by atoms with E-state index in [1.807, 2.05) is 54.9 Å². The molecular formula is C21H20ClN5O2S. The van der Waals surface area contributed by atoms with E-state index in [1.165, 1.54) is 11.5 Å². The average Bonchev–Trinajstić information content (AvgIpc) is 3.32. The molecule has 3 aromatic heterocycles. The van der Waals surface area contributed by atoms with E-state index < -0.39 is 11.7 Å². The Morgan fingerprint density at radius 1 is 1.20 bits per heavy atom. The van der Waals surface area contributed by atoms with Gasteiger partial charge in [-0.2, -0.15) is 9.47 Å². The predicted molar refractivity (Wildman–Crippen MR) is 115 cm³/mol. The van der Waals surface area contributed by atoms with Gasteiger partial charge in [-0.25, -0.2) is 14.5 Å². The van der Waals surface area contributed by atoms with Crippen molar-refractivity contribution in [1.29, 1.82) is 0 Å². The van der Waals surface area contributed by atoms with Crippen LogP contribution in [0.1, 0.15) is 30.4 Å². The Balaban J connectivity index is 1.62. The van der Waals surface area contributed by atoms with Crippen molar-refractivity contribution in [3.63, 3.8) is 0 Å². The number of fused-ring (bicyclic) bond motifs is 1. The molecule has 0 saturated carbocycles. The molecule has 1 atom stereocenters. The Kier molecular flexibility index (Phi) is 4.82. The molecule has 154 valence electrons. The molecule has 0 aliphatic carbocycles. The van der Waals surface area contributed by atoms with Crippen LogP contribution in [0, 0.1) is 6.92 Å². The lowest BCUT2D eigenvalue weighted by atomic mass is 9.81. The van der Waals surface area contributed by atoms with Crippen molar-refractivity contribution in [2.75, 3.05) is 0 Å². The lowest BCUT2D eigenvalue weighted by Crippen LogP contribution is -2.53. The minimum absolute atomic E-state index is 0.237. The molecule has 0 amide bonds. The van der Waals surface area contributed by atoms with Crippen LogP contribution in [0.2, 0.25) is 5.02 Å². The molecule has 1 aliphatic rings. The fourth-order valence-corrected chi connectivity index (χ4v) is 4.47. The minimum Gasteiger partial charge on any atom is -0.323 e. The maximum Gasteiger partial charge on any atom is 0.175 e. The average molecular weight is 442 g/mol. The van der Waals surface area contributed by atoms with Gasteiger partial charge in [-0.05, 0) is 56.1 Å². The Labute approximate surface area is 182 Å². The van der Waals surface area contributed by atoms with Crippen LogP contribution in [0.25, 0.3) is 16.8 Å². The van der Waals surface area contributed by atoms with Gasteiger partial charge in [0, 0.05) is 23.2 Å². The summed E-state index contributed by atoms with van der Waals surface area (Å²) in [7, 11) is 0. The first kappa shape index (κ1) is 19.6. The third-order valence-corrected chi connectivity index (χ3v) is 6.30. The molecule has 5 rings (SSSR count). The van der Waals surface area contributed by atoms with Crippen molar-refractivity contribution < 1.29 is 9.47 Å². The summed E-state index contributed by atoms with van der Waals surface area (Å²) >= 11 is 7.44. The van der Waals surface area contributed by atoms with Crippen LogP contribution < -0.4 is 0 Å². The van der Waals surface area contributed by atoms with Gasteiger partial charge in [0.25, 0.3) is 0 Å². The van der Waals surface area contributed by atoms with E-state index in [2.05, 4.69) is 26.4 Å². The van der Waals surface area contributed by atoms with Crippen LogP contribution >= 0.6 is 23.1 Å². The van der Waals surface area contributed by atoms with Crippen LogP contribution in [-0.2, 0) is 21.3 Å². The Hall–Kier alpha value is -2.39. The van der Waals surface area contributed by atoms with Gasteiger partial charge in [0.05, 0.1) is 17.3 Å². The van der Waals surface area contributed by atoms with Gasteiger partial charge in [0.1, 0.15) is 10.8 Å². The zero-order valence-corrected chi connectivity index (χ0v) is 18.3. The van der Waals surface area contributed by atoms with E-state index in [1.54, 1.807) is 6.20 Å². The fourth-order valence-electron chi connectivity index (χ4n) is 3.85. The standard InChI is InChI=1S/C21H20ClN5O2S/c1-12-25-18(26-30-12)10-21(3,20-28-13(2)29-20)17-8-9-23-19-16(11-24-27(17)19)14-4-6-15(22)7-5-14/h4-9,11,13,20H,10H2,1-3H3. The van der Waals surface area contributed by atoms with Crippen LogP contribution in [-0.4, -0.2) is 36.5 Å². The number of aryl methyl sites for hydroxylation is 1. The Morgan fingerprint density at radius 2 is 1.97 bits per heavy atom. The molecule has 7 nitrogen and oxygen atoms in total. The molecule has 4 heterocycles. The summed E-state index contributed by atoms with van der Waals surface area (Å²) in [5.74, 6) is 0.766. The molecule has 0 radical (unpaired) electrons. The lowest BCUT2D eigenvalue weighted by molar-refractivity contribution is -0.397. The van der Waals surface area contributed by atoms with Crippen molar-refractivity contribution in [1.82, 2.24) is 24.0 Å². The third-order valence-electron chi connectivity index (χ3n) is 5.39. The van der Waals surface area contributed by atoms with Gasteiger partial charge >= 0.3 is 0 Å². The number of benzene rings is 1. The number of rotatable bonds is 5. The van der Waals surface area contributed by atoms with Gasteiger partial charge in [0.15, 0.2) is 18.2 Å². The Bertz CT molecular complexity index is 1200.